The first-order chi connectivity index (χ1) is 37.0. The Morgan fingerprint density at radius 3 is 1.16 bits per heavy atom. The fourth-order valence-electron chi connectivity index (χ4n) is 9.47. The lowest BCUT2D eigenvalue weighted by molar-refractivity contribution is -0.870. The van der Waals surface area contributed by atoms with Crippen molar-refractivity contribution in [3.63, 3.8) is 0 Å². The first-order valence-electron chi connectivity index (χ1n) is 32.3. The Labute approximate surface area is 472 Å². The van der Waals surface area contributed by atoms with Crippen molar-refractivity contribution < 1.29 is 32.9 Å². The van der Waals surface area contributed by atoms with Gasteiger partial charge in [0.2, 0.25) is 5.91 Å². The number of allylic oxidation sites excluding steroid dienone is 12. The largest absolute Gasteiger partial charge is 0.472 e. The number of quaternary nitrogens is 1. The lowest BCUT2D eigenvalue weighted by atomic mass is 10.0. The summed E-state index contributed by atoms with van der Waals surface area (Å²) in [5.41, 5.74) is 0. The van der Waals surface area contributed by atoms with Gasteiger partial charge in [-0.25, -0.2) is 4.57 Å². The van der Waals surface area contributed by atoms with Gasteiger partial charge in [-0.2, -0.15) is 0 Å². The molecule has 0 aliphatic heterocycles. The van der Waals surface area contributed by atoms with Crippen LogP contribution in [0, 0.1) is 0 Å². The number of carbonyl (C=O) groups is 1. The van der Waals surface area contributed by atoms with Crippen LogP contribution in [0.3, 0.4) is 0 Å². The summed E-state index contributed by atoms with van der Waals surface area (Å²) >= 11 is 0. The molecule has 9 heteroatoms. The Morgan fingerprint density at radius 1 is 0.461 bits per heavy atom. The van der Waals surface area contributed by atoms with Crippen molar-refractivity contribution in [1.29, 1.82) is 0 Å². The summed E-state index contributed by atoms with van der Waals surface area (Å²) in [6.07, 6.45) is 79.8. The van der Waals surface area contributed by atoms with Gasteiger partial charge in [-0.3, -0.25) is 13.8 Å². The Balaban J connectivity index is 4.13. The summed E-state index contributed by atoms with van der Waals surface area (Å²) in [6.45, 7) is 4.80. The Hall–Kier alpha value is -2.06. The third-order valence-corrected chi connectivity index (χ3v) is 15.5. The Bertz CT molecular complexity index is 1470. The lowest BCUT2D eigenvalue weighted by Crippen LogP contribution is -2.46. The third-order valence-electron chi connectivity index (χ3n) is 14.5. The molecule has 0 aromatic carbocycles. The van der Waals surface area contributed by atoms with Crippen molar-refractivity contribution in [3.05, 3.63) is 72.9 Å². The van der Waals surface area contributed by atoms with Gasteiger partial charge in [0.05, 0.1) is 39.9 Å². The number of phosphoric ester groups is 1. The van der Waals surface area contributed by atoms with Crippen LogP contribution in [-0.2, 0) is 18.4 Å². The predicted molar refractivity (Wildman–Crippen MR) is 332 cm³/mol. The minimum absolute atomic E-state index is 0.0702. The maximum Gasteiger partial charge on any atom is 0.472 e. The number of hydrogen-bond acceptors (Lipinski definition) is 5. The molecule has 444 valence electrons. The van der Waals surface area contributed by atoms with Crippen LogP contribution in [0.15, 0.2) is 72.9 Å². The van der Waals surface area contributed by atoms with Gasteiger partial charge in [0.25, 0.3) is 0 Å². The molecule has 0 fully saturated rings. The summed E-state index contributed by atoms with van der Waals surface area (Å²) in [6, 6.07) is -0.771. The fraction of sp³-hybridized carbons (Fsp3) is 0.806. The van der Waals surface area contributed by atoms with E-state index in [0.29, 0.717) is 23.9 Å². The number of nitrogens with one attached hydrogen (secondary N) is 1. The smallest absolute Gasteiger partial charge is 0.391 e. The number of aliphatic hydroxyl groups is 1. The molecule has 0 bridgehead atoms. The highest BCUT2D eigenvalue weighted by Crippen LogP contribution is 2.43. The van der Waals surface area contributed by atoms with Crippen LogP contribution in [-0.4, -0.2) is 73.4 Å². The molecule has 0 heterocycles. The number of carbonyl (C=O) groups excluding carboxylic acids is 1. The van der Waals surface area contributed by atoms with E-state index >= 15 is 0 Å². The van der Waals surface area contributed by atoms with E-state index in [4.69, 9.17) is 9.05 Å². The van der Waals surface area contributed by atoms with Crippen LogP contribution in [0.1, 0.15) is 296 Å². The van der Waals surface area contributed by atoms with Crippen molar-refractivity contribution in [3.8, 4) is 0 Å². The van der Waals surface area contributed by atoms with Crippen LogP contribution >= 0.6 is 7.82 Å². The van der Waals surface area contributed by atoms with Crippen molar-refractivity contribution in [2.45, 2.75) is 309 Å². The minimum Gasteiger partial charge on any atom is -0.391 e. The number of unbranched alkanes of at least 4 members (excludes halogenated alkanes) is 34. The van der Waals surface area contributed by atoms with E-state index in [0.717, 1.165) is 83.5 Å². The highest BCUT2D eigenvalue weighted by molar-refractivity contribution is 7.47. The van der Waals surface area contributed by atoms with Gasteiger partial charge >= 0.3 is 7.82 Å². The average molecular weight is 1090 g/mol. The second kappa shape index (κ2) is 57.6. The van der Waals surface area contributed by atoms with Gasteiger partial charge in [0, 0.05) is 6.42 Å². The average Bonchev–Trinajstić information content (AvgIpc) is 3.38. The van der Waals surface area contributed by atoms with Crippen molar-refractivity contribution in [2.75, 3.05) is 40.9 Å². The van der Waals surface area contributed by atoms with Crippen LogP contribution in [0.25, 0.3) is 0 Å². The SMILES string of the molecule is CC/C=C\C/C=C\C/C=C\C/C=C\C/C=C\C/C=C\CCCCCCCCCCC(=O)NC(COP(=O)(O)OCC[N+](C)(C)C)C(O)CCCCCCCCCCCCCCCCCCCCCCCCCCCCC. The summed E-state index contributed by atoms with van der Waals surface area (Å²) in [4.78, 5) is 23.4. The maximum absolute atomic E-state index is 13.0. The maximum atomic E-state index is 13.0. The van der Waals surface area contributed by atoms with E-state index in [9.17, 15) is 19.4 Å². The molecular formula is C67H126N2O6P+. The van der Waals surface area contributed by atoms with E-state index in [1.807, 2.05) is 21.1 Å². The Kier molecular flexibility index (Phi) is 56.1. The number of nitrogens with zero attached hydrogens (tertiary/aromatic N) is 1. The Morgan fingerprint density at radius 2 is 0.789 bits per heavy atom. The molecule has 0 aromatic rings. The zero-order chi connectivity index (χ0) is 55.6. The highest BCUT2D eigenvalue weighted by Gasteiger charge is 2.28. The van der Waals surface area contributed by atoms with Crippen molar-refractivity contribution in [2.24, 2.45) is 0 Å². The van der Waals surface area contributed by atoms with Crippen molar-refractivity contribution >= 4 is 13.7 Å². The molecule has 0 rings (SSSR count). The molecule has 76 heavy (non-hydrogen) atoms. The minimum atomic E-state index is -4.34. The molecule has 0 spiro atoms. The molecule has 0 radical (unpaired) electrons. The van der Waals surface area contributed by atoms with Gasteiger partial charge in [-0.15, -0.1) is 0 Å². The summed E-state index contributed by atoms with van der Waals surface area (Å²) in [7, 11) is 1.61. The van der Waals surface area contributed by atoms with Gasteiger partial charge in [-0.05, 0) is 64.2 Å². The monoisotopic (exact) mass is 1090 g/mol. The normalized spacial score (nSPS) is 14.2. The number of aliphatic hydroxyl groups excluding tert-OH is 1. The number of likely N-dealkylation sites (N-methyl/N-ethyl adjacent to an activating group) is 1. The molecule has 8 nitrogen and oxygen atoms in total. The van der Waals surface area contributed by atoms with Crippen LogP contribution in [0.2, 0.25) is 0 Å². The second-order valence-corrected chi connectivity index (χ2v) is 24.6. The number of rotatable bonds is 59. The van der Waals surface area contributed by atoms with E-state index < -0.39 is 20.0 Å². The zero-order valence-electron chi connectivity index (χ0n) is 50.7. The molecule has 3 N–H and O–H groups in total. The van der Waals surface area contributed by atoms with Gasteiger partial charge in [0.1, 0.15) is 13.2 Å². The van der Waals surface area contributed by atoms with E-state index in [-0.39, 0.29) is 19.1 Å². The molecule has 1 amide bonds. The van der Waals surface area contributed by atoms with Crippen LogP contribution < -0.4 is 5.32 Å². The standard InChI is InChI=1S/C67H125N2O6P/c1-6-8-10-12-14-16-18-20-22-24-26-28-30-32-34-36-38-40-42-44-46-48-50-52-54-56-58-60-66(70)65(64-75-76(72,73)74-63-62-69(3,4)5)68-67(71)61-59-57-55-53-51-49-47-45-43-41-39-37-35-33-31-29-27-25-23-21-19-17-15-13-11-9-7-2/h9,11,15,17,21,23,27,29,33,35,39,41,65-66,70H,6-8,10,12-14,16,18-20,22,24-26,28,30-32,34,36-38,40,42-64H2,1-5H3,(H-,68,71,72,73)/p+1/b11-9-,17-15-,23-21-,29-27-,35-33-,41-39-. The molecule has 0 saturated carbocycles. The van der Waals surface area contributed by atoms with Gasteiger partial charge in [-0.1, -0.05) is 299 Å². The first kappa shape index (κ1) is 73.9. The summed E-state index contributed by atoms with van der Waals surface area (Å²) in [5.74, 6) is -0.152. The molecule has 0 aliphatic rings. The quantitative estimate of drug-likeness (QED) is 0.0243. The summed E-state index contributed by atoms with van der Waals surface area (Å²) < 4.78 is 23.9. The van der Waals surface area contributed by atoms with Gasteiger partial charge in [0.15, 0.2) is 0 Å². The third kappa shape index (κ3) is 59.6. The summed E-state index contributed by atoms with van der Waals surface area (Å²) in [5, 5.41) is 14.1. The predicted octanol–water partition coefficient (Wildman–Crippen LogP) is 20.2. The molecule has 0 aliphatic carbocycles. The topological polar surface area (TPSA) is 105 Å². The molecule has 0 aromatic heterocycles. The van der Waals surface area contributed by atoms with Crippen LogP contribution in [0.4, 0.5) is 0 Å². The number of phosphoric acid groups is 1. The van der Waals surface area contributed by atoms with Crippen LogP contribution in [0.5, 0.6) is 0 Å². The van der Waals surface area contributed by atoms with Gasteiger partial charge < -0.3 is 19.8 Å². The first-order valence-corrected chi connectivity index (χ1v) is 33.8. The molecule has 3 atom stereocenters. The lowest BCUT2D eigenvalue weighted by Gasteiger charge is -2.26. The van der Waals surface area contributed by atoms with Crippen molar-refractivity contribution in [1.82, 2.24) is 5.32 Å². The zero-order valence-corrected chi connectivity index (χ0v) is 51.6. The van der Waals surface area contributed by atoms with E-state index in [2.05, 4.69) is 92.1 Å². The molecular weight excluding hydrogens is 960 g/mol. The second-order valence-electron chi connectivity index (χ2n) is 23.1. The molecule has 3 unspecified atom stereocenters. The van der Waals surface area contributed by atoms with E-state index in [1.54, 1.807) is 0 Å². The molecule has 0 saturated heterocycles. The van der Waals surface area contributed by atoms with E-state index in [1.165, 1.54) is 186 Å². The fourth-order valence-corrected chi connectivity index (χ4v) is 10.2. The number of hydrogen-bond donors (Lipinski definition) is 3. The number of amides is 1. The highest BCUT2D eigenvalue weighted by atomic mass is 31.2.